The maximum absolute atomic E-state index is 12.4. The molecule has 1 amide bonds. The normalized spacial score (nSPS) is 10.5. The first-order chi connectivity index (χ1) is 15.5. The van der Waals surface area contributed by atoms with Crippen LogP contribution >= 0.6 is 0 Å². The van der Waals surface area contributed by atoms with Crippen LogP contribution in [0, 0.1) is 13.8 Å². The van der Waals surface area contributed by atoms with Crippen molar-refractivity contribution in [1.29, 1.82) is 0 Å². The summed E-state index contributed by atoms with van der Waals surface area (Å²) in [7, 11) is 0. The van der Waals surface area contributed by atoms with Crippen LogP contribution in [0.4, 0.5) is 11.4 Å². The maximum Gasteiger partial charge on any atom is 0.262 e. The predicted molar refractivity (Wildman–Crippen MR) is 131 cm³/mol. The topological polar surface area (TPSA) is 59.6 Å². The van der Waals surface area contributed by atoms with Gasteiger partial charge in [0.25, 0.3) is 5.91 Å². The van der Waals surface area contributed by atoms with E-state index >= 15 is 0 Å². The predicted octanol–water partition coefficient (Wildman–Crippen LogP) is 5.89. The highest BCUT2D eigenvalue weighted by molar-refractivity contribution is 5.92. The number of benzene rings is 3. The van der Waals surface area contributed by atoms with Crippen molar-refractivity contribution in [1.82, 2.24) is 0 Å². The second-order valence-corrected chi connectivity index (χ2v) is 7.70. The van der Waals surface area contributed by atoms with Crippen LogP contribution in [0.1, 0.15) is 36.1 Å². The molecule has 2 N–H and O–H groups in total. The molecular formula is C27H32N2O3. The van der Waals surface area contributed by atoms with E-state index in [1.807, 2.05) is 57.2 Å². The molecule has 0 bridgehead atoms. The van der Waals surface area contributed by atoms with Crippen molar-refractivity contribution in [3.63, 3.8) is 0 Å². The van der Waals surface area contributed by atoms with E-state index < -0.39 is 0 Å². The second-order valence-electron chi connectivity index (χ2n) is 7.70. The van der Waals surface area contributed by atoms with E-state index in [-0.39, 0.29) is 12.5 Å². The molecule has 168 valence electrons. The Morgan fingerprint density at radius 2 is 1.62 bits per heavy atom. The summed E-state index contributed by atoms with van der Waals surface area (Å²) in [5.41, 5.74) is 6.45. The monoisotopic (exact) mass is 432 g/mol. The molecule has 0 aliphatic rings. The van der Waals surface area contributed by atoms with Crippen LogP contribution in [-0.2, 0) is 17.8 Å². The third kappa shape index (κ3) is 6.27. The Kier molecular flexibility index (Phi) is 8.14. The van der Waals surface area contributed by atoms with Gasteiger partial charge in [-0.2, -0.15) is 0 Å². The molecule has 0 aliphatic carbocycles. The van der Waals surface area contributed by atoms with Crippen LogP contribution in [0.5, 0.6) is 11.5 Å². The largest absolute Gasteiger partial charge is 0.490 e. The average Bonchev–Trinajstić information content (AvgIpc) is 2.80. The summed E-state index contributed by atoms with van der Waals surface area (Å²) >= 11 is 0. The zero-order valence-electron chi connectivity index (χ0n) is 19.3. The Morgan fingerprint density at radius 1 is 0.875 bits per heavy atom. The molecule has 0 fully saturated rings. The highest BCUT2D eigenvalue weighted by atomic mass is 16.5. The van der Waals surface area contributed by atoms with E-state index in [0.29, 0.717) is 24.7 Å². The first-order valence-electron chi connectivity index (χ1n) is 11.1. The number of hydrogen-bond acceptors (Lipinski definition) is 4. The van der Waals surface area contributed by atoms with Gasteiger partial charge in [-0.25, -0.2) is 0 Å². The van der Waals surface area contributed by atoms with Gasteiger partial charge in [0.2, 0.25) is 0 Å². The molecule has 3 rings (SSSR count). The van der Waals surface area contributed by atoms with Crippen LogP contribution < -0.4 is 20.1 Å². The number of ether oxygens (including phenoxy) is 2. The molecule has 0 aromatic heterocycles. The zero-order chi connectivity index (χ0) is 22.9. The van der Waals surface area contributed by atoms with Gasteiger partial charge in [-0.05, 0) is 79.8 Å². The number of carbonyl (C=O) groups excluding carboxylic acids is 1. The molecule has 0 spiro atoms. The van der Waals surface area contributed by atoms with Crippen LogP contribution in [-0.4, -0.2) is 19.1 Å². The molecule has 3 aromatic carbocycles. The van der Waals surface area contributed by atoms with E-state index in [1.165, 1.54) is 5.56 Å². The molecule has 3 aromatic rings. The van der Waals surface area contributed by atoms with Crippen molar-refractivity contribution < 1.29 is 14.3 Å². The lowest BCUT2D eigenvalue weighted by atomic mass is 10.1. The van der Waals surface area contributed by atoms with Crippen molar-refractivity contribution in [2.24, 2.45) is 0 Å². The molecule has 5 heteroatoms. The third-order valence-corrected chi connectivity index (χ3v) is 5.40. The summed E-state index contributed by atoms with van der Waals surface area (Å²) < 4.78 is 11.5. The van der Waals surface area contributed by atoms with Crippen LogP contribution in [0.3, 0.4) is 0 Å². The van der Waals surface area contributed by atoms with Crippen molar-refractivity contribution >= 4 is 17.3 Å². The van der Waals surface area contributed by atoms with Crippen LogP contribution in [0.15, 0.2) is 60.7 Å². The number of hydrogen-bond donors (Lipinski definition) is 2. The molecule has 0 aliphatic heterocycles. The van der Waals surface area contributed by atoms with Crippen molar-refractivity contribution in [3.8, 4) is 11.5 Å². The molecule has 0 unspecified atom stereocenters. The smallest absolute Gasteiger partial charge is 0.262 e. The summed E-state index contributed by atoms with van der Waals surface area (Å²) in [5.74, 6) is 0.981. The molecule has 0 saturated heterocycles. The fourth-order valence-corrected chi connectivity index (χ4v) is 3.33. The molecule has 5 nitrogen and oxygen atoms in total. The van der Waals surface area contributed by atoms with Crippen molar-refractivity contribution in [3.05, 3.63) is 82.9 Å². The number of amides is 1. The summed E-state index contributed by atoms with van der Waals surface area (Å²) in [5, 5.41) is 6.34. The van der Waals surface area contributed by atoms with E-state index in [1.54, 1.807) is 0 Å². The first kappa shape index (κ1) is 23.2. The number of aryl methyl sites for hydroxylation is 2. The Morgan fingerprint density at radius 3 is 2.34 bits per heavy atom. The molecule has 0 saturated carbocycles. The van der Waals surface area contributed by atoms with E-state index in [4.69, 9.17) is 9.47 Å². The molecule has 0 radical (unpaired) electrons. The number of carbonyl (C=O) groups is 1. The van der Waals surface area contributed by atoms with Gasteiger partial charge in [-0.1, -0.05) is 37.3 Å². The minimum absolute atomic E-state index is 0.0885. The quantitative estimate of drug-likeness (QED) is 0.419. The summed E-state index contributed by atoms with van der Waals surface area (Å²) in [6.07, 6.45) is 1.03. The highest BCUT2D eigenvalue weighted by Gasteiger charge is 2.11. The van der Waals surface area contributed by atoms with Gasteiger partial charge >= 0.3 is 0 Å². The molecular weight excluding hydrogens is 400 g/mol. The van der Waals surface area contributed by atoms with Gasteiger partial charge in [-0.15, -0.1) is 0 Å². The standard InChI is InChI=1S/C27H32N2O3/c1-5-21-10-13-23(14-11-21)28-17-22-12-15-25(26(16-22)31-6-2)32-18-27(30)29-24-9-7-8-19(3)20(24)4/h7-16,28H,5-6,17-18H2,1-4H3,(H,29,30). The Balaban J connectivity index is 1.60. The lowest BCUT2D eigenvalue weighted by Gasteiger charge is -2.15. The molecule has 32 heavy (non-hydrogen) atoms. The first-order valence-corrected chi connectivity index (χ1v) is 11.1. The van der Waals surface area contributed by atoms with Gasteiger partial charge in [0.15, 0.2) is 18.1 Å². The minimum Gasteiger partial charge on any atom is -0.490 e. The number of rotatable bonds is 10. The highest BCUT2D eigenvalue weighted by Crippen LogP contribution is 2.29. The number of anilines is 2. The third-order valence-electron chi connectivity index (χ3n) is 5.40. The van der Waals surface area contributed by atoms with E-state index in [0.717, 1.165) is 34.5 Å². The van der Waals surface area contributed by atoms with E-state index in [9.17, 15) is 4.79 Å². The zero-order valence-corrected chi connectivity index (χ0v) is 19.3. The van der Waals surface area contributed by atoms with E-state index in [2.05, 4.69) is 41.8 Å². The van der Waals surface area contributed by atoms with Gasteiger partial charge < -0.3 is 20.1 Å². The Hall–Kier alpha value is -3.47. The molecule has 0 atom stereocenters. The summed E-state index contributed by atoms with van der Waals surface area (Å²) in [6.45, 7) is 9.18. The Bertz CT molecular complexity index is 1050. The SMILES string of the molecule is CCOc1cc(CNc2ccc(CC)cc2)ccc1OCC(=O)Nc1cccc(C)c1C. The van der Waals surface area contributed by atoms with Gasteiger partial charge in [0.05, 0.1) is 6.61 Å². The van der Waals surface area contributed by atoms with Gasteiger partial charge in [0, 0.05) is 17.9 Å². The fraction of sp³-hybridized carbons (Fsp3) is 0.296. The Labute approximate surface area is 190 Å². The average molecular weight is 433 g/mol. The van der Waals surface area contributed by atoms with Gasteiger partial charge in [-0.3, -0.25) is 4.79 Å². The fourth-order valence-electron chi connectivity index (χ4n) is 3.33. The minimum atomic E-state index is -0.206. The van der Waals surface area contributed by atoms with Gasteiger partial charge in [0.1, 0.15) is 0 Å². The van der Waals surface area contributed by atoms with Crippen molar-refractivity contribution in [2.45, 2.75) is 40.7 Å². The summed E-state index contributed by atoms with van der Waals surface area (Å²) in [6, 6.07) is 20.1. The maximum atomic E-state index is 12.4. The van der Waals surface area contributed by atoms with Crippen molar-refractivity contribution in [2.75, 3.05) is 23.8 Å². The summed E-state index contributed by atoms with van der Waals surface area (Å²) in [4.78, 5) is 12.4. The second kappa shape index (κ2) is 11.2. The lowest BCUT2D eigenvalue weighted by Crippen LogP contribution is -2.21. The van der Waals surface area contributed by atoms with Crippen LogP contribution in [0.25, 0.3) is 0 Å². The molecule has 0 heterocycles. The van der Waals surface area contributed by atoms with Crippen LogP contribution in [0.2, 0.25) is 0 Å². The number of nitrogens with one attached hydrogen (secondary N) is 2. The lowest BCUT2D eigenvalue weighted by molar-refractivity contribution is -0.118.